The van der Waals surface area contributed by atoms with Gasteiger partial charge in [0.1, 0.15) is 11.6 Å². The summed E-state index contributed by atoms with van der Waals surface area (Å²) in [6.07, 6.45) is 6.21. The summed E-state index contributed by atoms with van der Waals surface area (Å²) in [6.45, 7) is 8.98. The third-order valence-electron chi connectivity index (χ3n) is 10.6. The number of anilines is 1. The molecule has 5 aliphatic rings. The molecule has 2 aromatic carbocycles. The predicted molar refractivity (Wildman–Crippen MR) is 164 cm³/mol. The summed E-state index contributed by atoms with van der Waals surface area (Å²) >= 11 is 0. The van der Waals surface area contributed by atoms with Gasteiger partial charge in [0, 0.05) is 18.3 Å². The van der Waals surface area contributed by atoms with Gasteiger partial charge in [0.05, 0.1) is 17.9 Å². The Hall–Kier alpha value is -3.85. The van der Waals surface area contributed by atoms with E-state index in [2.05, 4.69) is 38.3 Å². The molecule has 2 saturated heterocycles. The van der Waals surface area contributed by atoms with Crippen molar-refractivity contribution in [3.63, 3.8) is 0 Å². The summed E-state index contributed by atoms with van der Waals surface area (Å²) in [6, 6.07) is 12.4. The van der Waals surface area contributed by atoms with Gasteiger partial charge in [-0.2, -0.15) is 0 Å². The van der Waals surface area contributed by atoms with Crippen LogP contribution in [0.2, 0.25) is 0 Å². The summed E-state index contributed by atoms with van der Waals surface area (Å²) in [5, 5.41) is 6.34. The molecule has 1 aliphatic carbocycles. The fourth-order valence-corrected chi connectivity index (χ4v) is 7.90. The lowest BCUT2D eigenvalue weighted by molar-refractivity contribution is -0.142. The number of ether oxygens (including phenoxy) is 3. The van der Waals surface area contributed by atoms with Crippen molar-refractivity contribution in [3.8, 4) is 11.5 Å². The number of hydrogen-bond acceptors (Lipinski definition) is 6. The lowest BCUT2D eigenvalue weighted by Crippen LogP contribution is -2.57. The highest BCUT2D eigenvalue weighted by Gasteiger charge is 2.72. The van der Waals surface area contributed by atoms with E-state index in [1.807, 2.05) is 54.6 Å². The number of likely N-dealkylation sites (tertiary alicyclic amines) is 1. The fraction of sp³-hybridized carbons (Fsp3) is 0.514. The summed E-state index contributed by atoms with van der Waals surface area (Å²) < 4.78 is 17.6. The molecule has 9 heteroatoms. The second-order valence-electron chi connectivity index (χ2n) is 13.5. The molecular formula is C35H41N3O6. The van der Waals surface area contributed by atoms with E-state index in [-0.39, 0.29) is 37.1 Å². The molecule has 2 aromatic rings. The van der Waals surface area contributed by atoms with Crippen LogP contribution in [0.3, 0.4) is 0 Å². The van der Waals surface area contributed by atoms with Gasteiger partial charge in [0.2, 0.25) is 24.5 Å². The van der Waals surface area contributed by atoms with Gasteiger partial charge in [0.15, 0.2) is 11.5 Å². The highest BCUT2D eigenvalue weighted by atomic mass is 16.7. The average Bonchev–Trinajstić information content (AvgIpc) is 3.76. The highest BCUT2D eigenvalue weighted by molar-refractivity contribution is 6.02. The third-order valence-corrected chi connectivity index (χ3v) is 10.6. The summed E-state index contributed by atoms with van der Waals surface area (Å²) in [4.78, 5) is 44.2. The molecule has 3 fully saturated rings. The molecule has 1 saturated carbocycles. The second kappa shape index (κ2) is 10.9. The topological polar surface area (TPSA) is 106 Å². The van der Waals surface area contributed by atoms with Gasteiger partial charge >= 0.3 is 0 Å². The SMILES string of the molecule is CC(C)c1ccc(NC(=O)[C@H]2[C@H]3C=C[C@@]4(O3)[C@H]2C(=O)N(Cc2ccc3c(c2)OCO3)[C@@H]4C(=O)N[C@@H]2CCC[C@@H](C)[C@H]2C)cc1. The maximum atomic E-state index is 14.4. The monoisotopic (exact) mass is 599 g/mol. The van der Waals surface area contributed by atoms with Crippen molar-refractivity contribution in [2.45, 2.75) is 83.2 Å². The number of carbonyl (C=O) groups excluding carboxylic acids is 3. The Morgan fingerprint density at radius 3 is 2.57 bits per heavy atom. The molecule has 9 nitrogen and oxygen atoms in total. The molecule has 44 heavy (non-hydrogen) atoms. The molecule has 7 rings (SSSR count). The summed E-state index contributed by atoms with van der Waals surface area (Å²) in [7, 11) is 0. The van der Waals surface area contributed by atoms with E-state index in [4.69, 9.17) is 14.2 Å². The highest BCUT2D eigenvalue weighted by Crippen LogP contribution is 2.55. The zero-order valence-corrected chi connectivity index (χ0v) is 25.7. The van der Waals surface area contributed by atoms with Gasteiger partial charge in [0.25, 0.3) is 0 Å². The molecule has 0 unspecified atom stereocenters. The van der Waals surface area contributed by atoms with E-state index >= 15 is 0 Å². The second-order valence-corrected chi connectivity index (χ2v) is 13.5. The standard InChI is InChI=1S/C35H41N3O6/c1-19(2)23-9-11-24(12-10-23)36-32(39)29-27-14-15-35(44-27)30(29)34(41)38(17-22-8-13-26-28(16-22)43-18-42-26)31(35)33(40)37-25-7-5-6-20(3)21(25)4/h8-16,19-21,25,27,29-31H,5-7,17-18H2,1-4H3,(H,36,39)(H,37,40)/t20-,21-,25-,27-,29+,30-,31-,35-/m1/s1. The predicted octanol–water partition coefficient (Wildman–Crippen LogP) is 4.77. The van der Waals surface area contributed by atoms with Gasteiger partial charge < -0.3 is 29.7 Å². The molecule has 1 spiro atoms. The van der Waals surface area contributed by atoms with Crippen molar-refractivity contribution in [1.82, 2.24) is 10.2 Å². The van der Waals surface area contributed by atoms with Gasteiger partial charge in [-0.3, -0.25) is 14.4 Å². The van der Waals surface area contributed by atoms with Crippen LogP contribution in [0.4, 0.5) is 5.69 Å². The van der Waals surface area contributed by atoms with Crippen molar-refractivity contribution < 1.29 is 28.6 Å². The number of nitrogens with one attached hydrogen (secondary N) is 2. The molecule has 0 radical (unpaired) electrons. The lowest BCUT2D eigenvalue weighted by Gasteiger charge is -2.38. The van der Waals surface area contributed by atoms with Gasteiger partial charge in [-0.1, -0.05) is 70.9 Å². The number of nitrogens with zero attached hydrogens (tertiary/aromatic N) is 1. The smallest absolute Gasteiger partial charge is 0.246 e. The Morgan fingerprint density at radius 1 is 1.02 bits per heavy atom. The molecule has 3 amide bonds. The molecular weight excluding hydrogens is 558 g/mol. The number of carbonyl (C=O) groups is 3. The summed E-state index contributed by atoms with van der Waals surface area (Å²) in [5.41, 5.74) is 1.42. The Kier molecular flexibility index (Phi) is 7.19. The lowest BCUT2D eigenvalue weighted by atomic mass is 9.73. The molecule has 0 aromatic heterocycles. The van der Waals surface area contributed by atoms with E-state index in [9.17, 15) is 14.4 Å². The largest absolute Gasteiger partial charge is 0.454 e. The Bertz CT molecular complexity index is 1500. The first-order chi connectivity index (χ1) is 21.2. The quantitative estimate of drug-likeness (QED) is 0.445. The van der Waals surface area contributed by atoms with Gasteiger partial charge in [-0.25, -0.2) is 0 Å². The van der Waals surface area contributed by atoms with Crippen molar-refractivity contribution in [3.05, 3.63) is 65.7 Å². The summed E-state index contributed by atoms with van der Waals surface area (Å²) in [5.74, 6) is 0.0923. The average molecular weight is 600 g/mol. The third kappa shape index (κ3) is 4.67. The zero-order chi connectivity index (χ0) is 30.7. The van der Waals surface area contributed by atoms with Gasteiger partial charge in [-0.05, 0) is 59.6 Å². The number of fused-ring (bicyclic) bond motifs is 2. The van der Waals surface area contributed by atoms with Crippen LogP contribution in [0.25, 0.3) is 0 Å². The van der Waals surface area contributed by atoms with E-state index in [1.54, 1.807) is 4.90 Å². The maximum absolute atomic E-state index is 14.4. The van der Waals surface area contributed by atoms with Crippen molar-refractivity contribution in [1.29, 1.82) is 0 Å². The molecule has 4 aliphatic heterocycles. The fourth-order valence-electron chi connectivity index (χ4n) is 7.90. The minimum atomic E-state index is -1.23. The first kappa shape index (κ1) is 28.9. The minimum Gasteiger partial charge on any atom is -0.454 e. The Labute approximate surface area is 258 Å². The molecule has 232 valence electrons. The molecule has 8 atom stereocenters. The molecule has 2 N–H and O–H groups in total. The maximum Gasteiger partial charge on any atom is 0.246 e. The van der Waals surface area contributed by atoms with Crippen LogP contribution in [0, 0.1) is 23.7 Å². The van der Waals surface area contributed by atoms with Gasteiger partial charge in [-0.15, -0.1) is 0 Å². The molecule has 4 heterocycles. The Balaban J connectivity index is 1.20. The van der Waals surface area contributed by atoms with Crippen molar-refractivity contribution in [2.24, 2.45) is 23.7 Å². The van der Waals surface area contributed by atoms with Crippen LogP contribution in [0.15, 0.2) is 54.6 Å². The van der Waals surface area contributed by atoms with Crippen LogP contribution in [-0.2, 0) is 25.7 Å². The normalized spacial score (nSPS) is 33.2. The molecule has 2 bridgehead atoms. The van der Waals surface area contributed by atoms with E-state index < -0.39 is 29.6 Å². The number of amides is 3. The van der Waals surface area contributed by atoms with Crippen molar-refractivity contribution in [2.75, 3.05) is 12.1 Å². The number of benzene rings is 2. The van der Waals surface area contributed by atoms with Crippen molar-refractivity contribution >= 4 is 23.4 Å². The zero-order valence-electron chi connectivity index (χ0n) is 25.7. The van der Waals surface area contributed by atoms with Crippen LogP contribution in [0.1, 0.15) is 64.0 Å². The van der Waals surface area contributed by atoms with Crippen LogP contribution < -0.4 is 20.1 Å². The van der Waals surface area contributed by atoms with Crippen LogP contribution in [-0.4, -0.2) is 53.2 Å². The van der Waals surface area contributed by atoms with E-state index in [0.717, 1.165) is 24.8 Å². The number of hydrogen-bond donors (Lipinski definition) is 2. The van der Waals surface area contributed by atoms with Crippen LogP contribution >= 0.6 is 0 Å². The minimum absolute atomic E-state index is 0.0136. The first-order valence-electron chi connectivity index (χ1n) is 15.9. The van der Waals surface area contributed by atoms with E-state index in [1.165, 1.54) is 5.56 Å². The number of rotatable bonds is 7. The van der Waals surface area contributed by atoms with E-state index in [0.29, 0.717) is 34.9 Å². The Morgan fingerprint density at radius 2 is 1.80 bits per heavy atom. The first-order valence-corrected chi connectivity index (χ1v) is 15.9. The van der Waals surface area contributed by atoms with Crippen LogP contribution in [0.5, 0.6) is 11.5 Å².